The Morgan fingerprint density at radius 1 is 1.00 bits per heavy atom. The van der Waals surface area contributed by atoms with Gasteiger partial charge in [0.2, 0.25) is 0 Å². The number of benzene rings is 2. The predicted octanol–water partition coefficient (Wildman–Crippen LogP) is 3.65. The molecule has 0 bridgehead atoms. The zero-order chi connectivity index (χ0) is 21.8. The van der Waals surface area contributed by atoms with Crippen LogP contribution in [0.2, 0.25) is 0 Å². The number of ether oxygens (including phenoxy) is 3. The van der Waals surface area contributed by atoms with Gasteiger partial charge in [-0.1, -0.05) is 0 Å². The summed E-state index contributed by atoms with van der Waals surface area (Å²) in [6, 6.07) is 11.3. The summed E-state index contributed by atoms with van der Waals surface area (Å²) >= 11 is 0. The third kappa shape index (κ3) is 4.05. The lowest BCUT2D eigenvalue weighted by molar-refractivity contribution is -0.142. The molecule has 156 valence electrons. The second kappa shape index (κ2) is 8.82. The molecule has 0 aliphatic carbocycles. The van der Waals surface area contributed by atoms with Crippen LogP contribution in [-0.2, 0) is 9.53 Å². The van der Waals surface area contributed by atoms with Crippen molar-refractivity contribution in [1.82, 2.24) is 0 Å². The van der Waals surface area contributed by atoms with Crippen LogP contribution in [0.25, 0.3) is 11.0 Å². The summed E-state index contributed by atoms with van der Waals surface area (Å²) in [5.74, 6) is -0.681. The Bertz CT molecular complexity index is 1140. The fraction of sp³-hybridized carbons (Fsp3) is 0.261. The van der Waals surface area contributed by atoms with Crippen LogP contribution in [0.15, 0.2) is 51.7 Å². The van der Waals surface area contributed by atoms with E-state index in [1.54, 1.807) is 43.3 Å². The molecule has 7 nitrogen and oxygen atoms in total. The molecule has 0 aliphatic rings. The standard InChI is InChI=1S/C23H22O7/c1-13-20(28-3)10-9-16-17(12-21(25)30-22(13)16)18(23(26)29-4)11-19(24)14-5-7-15(27-2)8-6-14/h5-10,12,18H,11H2,1-4H3/t18-/m0/s1. The van der Waals surface area contributed by atoms with E-state index in [0.29, 0.717) is 39.2 Å². The SMILES string of the molecule is COC(=O)[C@@H](CC(=O)c1ccc(OC)cc1)c1cc(=O)oc2c(C)c(OC)ccc12. The Morgan fingerprint density at radius 3 is 2.30 bits per heavy atom. The van der Waals surface area contributed by atoms with Crippen molar-refractivity contribution in [2.24, 2.45) is 0 Å². The van der Waals surface area contributed by atoms with Crippen molar-refractivity contribution in [3.8, 4) is 11.5 Å². The molecule has 1 aromatic heterocycles. The van der Waals surface area contributed by atoms with E-state index in [1.807, 2.05) is 0 Å². The van der Waals surface area contributed by atoms with Gasteiger partial charge in [-0.05, 0) is 48.9 Å². The third-order valence-corrected chi connectivity index (χ3v) is 5.03. The molecule has 0 fully saturated rings. The van der Waals surface area contributed by atoms with Gasteiger partial charge in [-0.25, -0.2) is 4.79 Å². The molecule has 3 aromatic rings. The molecule has 0 saturated heterocycles. The molecule has 1 atom stereocenters. The summed E-state index contributed by atoms with van der Waals surface area (Å²) in [6.07, 6.45) is -0.164. The molecule has 0 spiro atoms. The quantitative estimate of drug-likeness (QED) is 0.333. The van der Waals surface area contributed by atoms with Gasteiger partial charge >= 0.3 is 11.6 Å². The Hall–Kier alpha value is -3.61. The number of rotatable bonds is 7. The fourth-order valence-electron chi connectivity index (χ4n) is 3.42. The van der Waals surface area contributed by atoms with Crippen LogP contribution in [0, 0.1) is 6.92 Å². The average Bonchev–Trinajstić information content (AvgIpc) is 2.77. The number of esters is 1. The van der Waals surface area contributed by atoms with Crippen molar-refractivity contribution in [2.75, 3.05) is 21.3 Å². The van der Waals surface area contributed by atoms with E-state index < -0.39 is 17.5 Å². The molecular formula is C23H22O7. The van der Waals surface area contributed by atoms with Crippen LogP contribution in [0.4, 0.5) is 0 Å². The summed E-state index contributed by atoms with van der Waals surface area (Å²) < 4.78 is 20.7. The number of methoxy groups -OCH3 is 3. The van der Waals surface area contributed by atoms with E-state index in [1.165, 1.54) is 27.4 Å². The van der Waals surface area contributed by atoms with E-state index in [4.69, 9.17) is 18.6 Å². The van der Waals surface area contributed by atoms with Crippen molar-refractivity contribution in [3.05, 3.63) is 69.6 Å². The number of ketones is 1. The average molecular weight is 410 g/mol. The van der Waals surface area contributed by atoms with Crippen LogP contribution in [0.1, 0.15) is 33.8 Å². The van der Waals surface area contributed by atoms with E-state index in [-0.39, 0.29) is 12.2 Å². The van der Waals surface area contributed by atoms with Crippen molar-refractivity contribution in [1.29, 1.82) is 0 Å². The molecule has 3 rings (SSSR count). The zero-order valence-electron chi connectivity index (χ0n) is 17.2. The van der Waals surface area contributed by atoms with Gasteiger partial charge in [-0.3, -0.25) is 9.59 Å². The summed E-state index contributed by atoms with van der Waals surface area (Å²) in [6.45, 7) is 1.75. The van der Waals surface area contributed by atoms with E-state index in [0.717, 1.165) is 0 Å². The summed E-state index contributed by atoms with van der Waals surface area (Å²) in [4.78, 5) is 37.7. The number of Topliss-reactive ketones (excluding diaryl/α,β-unsaturated/α-hetero) is 1. The third-order valence-electron chi connectivity index (χ3n) is 5.03. The second-order valence-electron chi connectivity index (χ2n) is 6.72. The first-order valence-electron chi connectivity index (χ1n) is 9.26. The Balaban J connectivity index is 2.08. The Morgan fingerprint density at radius 2 is 1.70 bits per heavy atom. The number of fused-ring (bicyclic) bond motifs is 1. The number of hydrogen-bond donors (Lipinski definition) is 0. The molecule has 0 aliphatic heterocycles. The maximum atomic E-state index is 12.9. The smallest absolute Gasteiger partial charge is 0.336 e. The van der Waals surface area contributed by atoms with Crippen LogP contribution in [-0.4, -0.2) is 33.1 Å². The van der Waals surface area contributed by atoms with Gasteiger partial charge in [0, 0.05) is 29.0 Å². The number of hydrogen-bond acceptors (Lipinski definition) is 7. The maximum Gasteiger partial charge on any atom is 0.336 e. The van der Waals surface area contributed by atoms with Crippen LogP contribution >= 0.6 is 0 Å². The first-order chi connectivity index (χ1) is 14.4. The minimum absolute atomic E-state index is 0.164. The number of carbonyl (C=O) groups is 2. The number of aryl methyl sites for hydroxylation is 1. The van der Waals surface area contributed by atoms with Crippen LogP contribution in [0.3, 0.4) is 0 Å². The summed E-state index contributed by atoms with van der Waals surface area (Å²) in [5.41, 5.74) is 1.11. The van der Waals surface area contributed by atoms with Crippen LogP contribution in [0.5, 0.6) is 11.5 Å². The Kier molecular flexibility index (Phi) is 6.20. The zero-order valence-corrected chi connectivity index (χ0v) is 17.2. The molecule has 0 unspecified atom stereocenters. The first kappa shape index (κ1) is 21.1. The van der Waals surface area contributed by atoms with E-state index in [9.17, 15) is 14.4 Å². The highest BCUT2D eigenvalue weighted by molar-refractivity contribution is 6.00. The minimum atomic E-state index is -0.969. The lowest BCUT2D eigenvalue weighted by Gasteiger charge is -2.17. The largest absolute Gasteiger partial charge is 0.497 e. The highest BCUT2D eigenvalue weighted by Crippen LogP contribution is 2.33. The van der Waals surface area contributed by atoms with Crippen molar-refractivity contribution in [2.45, 2.75) is 19.3 Å². The van der Waals surface area contributed by atoms with Gasteiger partial charge in [-0.2, -0.15) is 0 Å². The molecule has 0 radical (unpaired) electrons. The Labute approximate surface area is 173 Å². The van der Waals surface area contributed by atoms with Crippen LogP contribution < -0.4 is 15.1 Å². The van der Waals surface area contributed by atoms with Gasteiger partial charge in [0.15, 0.2) is 5.78 Å². The maximum absolute atomic E-state index is 12.9. The van der Waals surface area contributed by atoms with Gasteiger partial charge < -0.3 is 18.6 Å². The molecule has 0 amide bonds. The second-order valence-corrected chi connectivity index (χ2v) is 6.72. The van der Waals surface area contributed by atoms with E-state index in [2.05, 4.69) is 0 Å². The lowest BCUT2D eigenvalue weighted by atomic mass is 9.89. The molecule has 0 saturated carbocycles. The van der Waals surface area contributed by atoms with Gasteiger partial charge in [-0.15, -0.1) is 0 Å². The predicted molar refractivity (Wildman–Crippen MR) is 110 cm³/mol. The van der Waals surface area contributed by atoms with Gasteiger partial charge in [0.05, 0.1) is 27.2 Å². The highest BCUT2D eigenvalue weighted by Gasteiger charge is 2.28. The summed E-state index contributed by atoms with van der Waals surface area (Å²) in [5, 5.41) is 0.547. The van der Waals surface area contributed by atoms with Gasteiger partial charge in [0.25, 0.3) is 0 Å². The molecule has 30 heavy (non-hydrogen) atoms. The minimum Gasteiger partial charge on any atom is -0.497 e. The summed E-state index contributed by atoms with van der Waals surface area (Å²) in [7, 11) is 4.29. The first-order valence-corrected chi connectivity index (χ1v) is 9.26. The number of carbonyl (C=O) groups excluding carboxylic acids is 2. The van der Waals surface area contributed by atoms with Crippen molar-refractivity contribution < 1.29 is 28.2 Å². The normalized spacial score (nSPS) is 11.7. The molecule has 2 aromatic carbocycles. The van der Waals surface area contributed by atoms with Gasteiger partial charge in [0.1, 0.15) is 17.1 Å². The van der Waals surface area contributed by atoms with Crippen molar-refractivity contribution in [3.63, 3.8) is 0 Å². The monoisotopic (exact) mass is 410 g/mol. The van der Waals surface area contributed by atoms with E-state index >= 15 is 0 Å². The molecule has 0 N–H and O–H groups in total. The molecular weight excluding hydrogens is 388 g/mol. The lowest BCUT2D eigenvalue weighted by Crippen LogP contribution is -2.20. The highest BCUT2D eigenvalue weighted by atomic mass is 16.5. The van der Waals surface area contributed by atoms with Crippen molar-refractivity contribution >= 4 is 22.7 Å². The molecule has 7 heteroatoms. The topological polar surface area (TPSA) is 92.0 Å². The fourth-order valence-corrected chi connectivity index (χ4v) is 3.42. The molecule has 1 heterocycles.